The van der Waals surface area contributed by atoms with Crippen LogP contribution in [0.25, 0.3) is 0 Å². The number of aryl methyl sites for hydroxylation is 4. The van der Waals surface area contributed by atoms with Crippen LogP contribution in [0.2, 0.25) is 0 Å². The van der Waals surface area contributed by atoms with Gasteiger partial charge in [-0.1, -0.05) is 0 Å². The first kappa shape index (κ1) is 12.4. The van der Waals surface area contributed by atoms with Gasteiger partial charge in [0.1, 0.15) is 0 Å². The number of nitrogens with zero attached hydrogens (tertiary/aromatic N) is 2. The molecule has 0 aliphatic carbocycles. The van der Waals surface area contributed by atoms with E-state index in [2.05, 4.69) is 67.8 Å². The van der Waals surface area contributed by atoms with Crippen molar-refractivity contribution < 1.29 is 4.57 Å². The van der Waals surface area contributed by atoms with Crippen LogP contribution in [0.15, 0.2) is 30.9 Å². The SMILES string of the molecule is Cc1cc(C)c([Se]Cn2cc[n+](C)c2)c(C)c1. The van der Waals surface area contributed by atoms with E-state index in [0.717, 1.165) is 5.44 Å². The summed E-state index contributed by atoms with van der Waals surface area (Å²) in [4.78, 5) is 0. The molecule has 0 saturated heterocycles. The quantitative estimate of drug-likeness (QED) is 0.595. The number of imidazole rings is 1. The van der Waals surface area contributed by atoms with E-state index in [9.17, 15) is 0 Å². The van der Waals surface area contributed by atoms with Gasteiger partial charge in [0.25, 0.3) is 0 Å². The topological polar surface area (TPSA) is 8.81 Å². The Morgan fingerprint density at radius 3 is 2.35 bits per heavy atom. The van der Waals surface area contributed by atoms with E-state index in [1.54, 1.807) is 4.46 Å². The van der Waals surface area contributed by atoms with E-state index in [-0.39, 0.29) is 0 Å². The number of aromatic nitrogens is 2. The fraction of sp³-hybridized carbons (Fsp3) is 0.357. The van der Waals surface area contributed by atoms with Crippen LogP contribution in [0.1, 0.15) is 16.7 Å². The summed E-state index contributed by atoms with van der Waals surface area (Å²) < 4.78 is 5.91. The Morgan fingerprint density at radius 2 is 1.82 bits per heavy atom. The molecule has 0 unspecified atom stereocenters. The van der Waals surface area contributed by atoms with Gasteiger partial charge in [0, 0.05) is 0 Å². The molecule has 2 aromatic rings. The van der Waals surface area contributed by atoms with Crippen molar-refractivity contribution in [2.45, 2.75) is 26.2 Å². The van der Waals surface area contributed by atoms with E-state index in [1.807, 2.05) is 0 Å². The molecule has 2 nitrogen and oxygen atoms in total. The number of rotatable bonds is 3. The van der Waals surface area contributed by atoms with E-state index in [0.29, 0.717) is 15.0 Å². The summed E-state index contributed by atoms with van der Waals surface area (Å²) in [5.74, 6) is 0. The van der Waals surface area contributed by atoms with Crippen LogP contribution < -0.4 is 9.03 Å². The average Bonchev–Trinajstić information content (AvgIpc) is 2.62. The molecule has 0 bridgehead atoms. The Hall–Kier alpha value is -1.05. The zero-order valence-corrected chi connectivity index (χ0v) is 12.6. The summed E-state index contributed by atoms with van der Waals surface area (Å²) in [5, 5.41) is 0. The summed E-state index contributed by atoms with van der Waals surface area (Å²) in [6.45, 7) is 6.63. The van der Waals surface area contributed by atoms with Crippen molar-refractivity contribution in [1.29, 1.82) is 0 Å². The summed E-state index contributed by atoms with van der Waals surface area (Å²) in [6, 6.07) is 4.58. The zero-order valence-electron chi connectivity index (χ0n) is 10.9. The second kappa shape index (κ2) is 5.07. The van der Waals surface area contributed by atoms with Crippen LogP contribution in [0.5, 0.6) is 0 Å². The Balaban J connectivity index is 2.14. The van der Waals surface area contributed by atoms with Gasteiger partial charge in [0.2, 0.25) is 0 Å². The fourth-order valence-electron chi connectivity index (χ4n) is 2.11. The van der Waals surface area contributed by atoms with Gasteiger partial charge in [0.15, 0.2) is 0 Å². The molecular formula is C14H19N2Se+. The maximum absolute atomic E-state index is 2.29. The fourth-order valence-corrected chi connectivity index (χ4v) is 4.22. The molecule has 2 rings (SSSR count). The minimum atomic E-state index is 0.508. The molecule has 1 heterocycles. The molecule has 0 N–H and O–H groups in total. The summed E-state index contributed by atoms with van der Waals surface area (Å²) in [6.07, 6.45) is 6.37. The van der Waals surface area contributed by atoms with Crippen LogP contribution in [-0.4, -0.2) is 19.5 Å². The zero-order chi connectivity index (χ0) is 12.4. The predicted octanol–water partition coefficient (Wildman–Crippen LogP) is 1.23. The molecule has 3 heteroatoms. The van der Waals surface area contributed by atoms with E-state index < -0.39 is 0 Å². The summed E-state index contributed by atoms with van der Waals surface area (Å²) >= 11 is 0.508. The molecule has 0 amide bonds. The van der Waals surface area contributed by atoms with Gasteiger partial charge < -0.3 is 0 Å². The molecule has 0 saturated carbocycles. The molecule has 0 aliphatic rings. The first-order valence-corrected chi connectivity index (χ1v) is 7.84. The van der Waals surface area contributed by atoms with Crippen LogP contribution in [0.4, 0.5) is 0 Å². The van der Waals surface area contributed by atoms with Crippen LogP contribution >= 0.6 is 0 Å². The molecule has 17 heavy (non-hydrogen) atoms. The van der Waals surface area contributed by atoms with Crippen molar-refractivity contribution in [3.63, 3.8) is 0 Å². The van der Waals surface area contributed by atoms with Crippen molar-refractivity contribution in [2.24, 2.45) is 7.05 Å². The Labute approximate surface area is 109 Å². The van der Waals surface area contributed by atoms with E-state index in [1.165, 1.54) is 16.7 Å². The molecular weight excluding hydrogens is 275 g/mol. The molecule has 90 valence electrons. The second-order valence-corrected chi connectivity index (χ2v) is 6.60. The molecule has 0 radical (unpaired) electrons. The number of hydrogen-bond donors (Lipinski definition) is 0. The first-order valence-electron chi connectivity index (χ1n) is 5.78. The van der Waals surface area contributed by atoms with Crippen molar-refractivity contribution in [3.8, 4) is 0 Å². The van der Waals surface area contributed by atoms with Gasteiger partial charge >= 0.3 is 109 Å². The van der Waals surface area contributed by atoms with Crippen LogP contribution in [0, 0.1) is 20.8 Å². The first-order chi connectivity index (χ1) is 8.06. The molecule has 1 aromatic carbocycles. The van der Waals surface area contributed by atoms with Crippen LogP contribution in [-0.2, 0) is 12.5 Å². The average molecular weight is 294 g/mol. The van der Waals surface area contributed by atoms with Crippen molar-refractivity contribution >= 4 is 19.4 Å². The second-order valence-electron chi connectivity index (χ2n) is 4.59. The molecule has 0 spiro atoms. The van der Waals surface area contributed by atoms with Gasteiger partial charge in [-0.25, -0.2) is 0 Å². The van der Waals surface area contributed by atoms with Crippen molar-refractivity contribution in [2.75, 3.05) is 0 Å². The Kier molecular flexibility index (Phi) is 3.70. The van der Waals surface area contributed by atoms with E-state index in [4.69, 9.17) is 0 Å². The molecule has 0 fully saturated rings. The Morgan fingerprint density at radius 1 is 1.18 bits per heavy atom. The standard InChI is InChI=1S/C14H19N2Se/c1-11-7-12(2)14(13(3)8-11)17-10-16-6-5-15(4)9-16/h5-9H,10H2,1-4H3/q+1. The number of hydrogen-bond acceptors (Lipinski definition) is 0. The van der Waals surface area contributed by atoms with Crippen molar-refractivity contribution in [1.82, 2.24) is 4.57 Å². The summed E-state index contributed by atoms with van der Waals surface area (Å²) in [7, 11) is 2.06. The monoisotopic (exact) mass is 295 g/mol. The third-order valence-corrected chi connectivity index (χ3v) is 5.64. The normalized spacial score (nSPS) is 10.8. The third kappa shape index (κ3) is 2.99. The van der Waals surface area contributed by atoms with E-state index >= 15 is 0 Å². The van der Waals surface area contributed by atoms with Crippen molar-refractivity contribution in [3.05, 3.63) is 47.5 Å². The number of benzene rings is 1. The Bertz CT molecular complexity index is 506. The van der Waals surface area contributed by atoms with Crippen LogP contribution in [0.3, 0.4) is 0 Å². The predicted molar refractivity (Wildman–Crippen MR) is 71.6 cm³/mol. The van der Waals surface area contributed by atoms with Gasteiger partial charge in [-0.05, 0) is 0 Å². The third-order valence-electron chi connectivity index (χ3n) is 2.79. The minimum absolute atomic E-state index is 0.508. The molecule has 0 atom stereocenters. The van der Waals surface area contributed by atoms with Gasteiger partial charge in [-0.2, -0.15) is 0 Å². The van der Waals surface area contributed by atoms with Gasteiger partial charge in [-0.15, -0.1) is 0 Å². The van der Waals surface area contributed by atoms with Gasteiger partial charge in [-0.3, -0.25) is 0 Å². The maximum atomic E-state index is 2.29. The molecule has 0 aliphatic heterocycles. The summed E-state index contributed by atoms with van der Waals surface area (Å²) in [5.41, 5.74) is 5.36. The van der Waals surface area contributed by atoms with Gasteiger partial charge in [0.05, 0.1) is 0 Å². The molecule has 1 aromatic heterocycles.